The van der Waals surface area contributed by atoms with E-state index in [-0.39, 0.29) is 18.6 Å². The van der Waals surface area contributed by atoms with Crippen LogP contribution < -0.4 is 15.4 Å². The first kappa shape index (κ1) is 22.0. The van der Waals surface area contributed by atoms with Crippen LogP contribution in [0.1, 0.15) is 6.42 Å². The van der Waals surface area contributed by atoms with Gasteiger partial charge < -0.3 is 20.1 Å². The lowest BCUT2D eigenvalue weighted by Gasteiger charge is -2.13. The Hall–Kier alpha value is -4.50. The highest BCUT2D eigenvalue weighted by atomic mass is 16.5. The molecule has 3 heterocycles. The Morgan fingerprint density at radius 2 is 2.03 bits per heavy atom. The smallest absolute Gasteiger partial charge is 0.258 e. The van der Waals surface area contributed by atoms with Gasteiger partial charge >= 0.3 is 0 Å². The van der Waals surface area contributed by atoms with Gasteiger partial charge in [0.25, 0.3) is 5.91 Å². The Morgan fingerprint density at radius 3 is 2.94 bits per heavy atom. The van der Waals surface area contributed by atoms with Crippen LogP contribution in [-0.2, 0) is 9.53 Å². The summed E-state index contributed by atoms with van der Waals surface area (Å²) in [5.74, 6) is 1.66. The molecule has 0 bridgehead atoms. The summed E-state index contributed by atoms with van der Waals surface area (Å²) in [4.78, 5) is 21.8. The van der Waals surface area contributed by atoms with Crippen LogP contribution in [0.2, 0.25) is 0 Å². The average Bonchev–Trinajstić information content (AvgIpc) is 3.59. The number of hydrogen-bond donors (Lipinski definition) is 3. The first-order valence-corrected chi connectivity index (χ1v) is 11.8. The molecule has 9 heteroatoms. The molecule has 1 amide bonds. The third-order valence-corrected chi connectivity index (χ3v) is 6.06. The molecule has 1 saturated heterocycles. The standard InChI is InChI=1S/C27H24N6O3/c34-25(29-20-10-11-35-15-20)16-36-21-5-3-4-17(13-21)26-31-24-7-2-1-6-22(24)27(32-26)30-19-8-9-23-18(12-19)14-28-33-23/h1-9,12-14,20H,10-11,15-16H2,(H,28,33)(H,29,34)(H,30,31,32)/t20-/m1/s1. The van der Waals surface area contributed by atoms with Crippen LogP contribution in [0, 0.1) is 0 Å². The summed E-state index contributed by atoms with van der Waals surface area (Å²) in [6.07, 6.45) is 2.62. The molecule has 1 aliphatic rings. The molecule has 0 unspecified atom stereocenters. The highest BCUT2D eigenvalue weighted by Crippen LogP contribution is 2.29. The molecule has 3 aromatic carbocycles. The fourth-order valence-corrected chi connectivity index (χ4v) is 4.25. The summed E-state index contributed by atoms with van der Waals surface area (Å²) in [6, 6.07) is 21.4. The van der Waals surface area contributed by atoms with Gasteiger partial charge in [0.2, 0.25) is 0 Å². The molecule has 1 fully saturated rings. The SMILES string of the molecule is O=C(COc1cccc(-c2nc(Nc3ccc4[nH]ncc4c3)c3ccccc3n2)c1)N[C@@H]1CCOC1. The van der Waals surface area contributed by atoms with E-state index in [1.165, 1.54) is 0 Å². The van der Waals surface area contributed by atoms with E-state index in [0.29, 0.717) is 30.6 Å². The largest absolute Gasteiger partial charge is 0.484 e. The van der Waals surface area contributed by atoms with Crippen molar-refractivity contribution in [2.45, 2.75) is 12.5 Å². The molecule has 0 aliphatic carbocycles. The summed E-state index contributed by atoms with van der Waals surface area (Å²) in [5, 5.41) is 15.3. The maximum absolute atomic E-state index is 12.2. The molecule has 0 saturated carbocycles. The fourth-order valence-electron chi connectivity index (χ4n) is 4.25. The number of benzene rings is 3. The van der Waals surface area contributed by atoms with E-state index in [1.807, 2.05) is 66.7 Å². The van der Waals surface area contributed by atoms with Crippen LogP contribution in [0.4, 0.5) is 11.5 Å². The summed E-state index contributed by atoms with van der Waals surface area (Å²) in [6.45, 7) is 1.16. The van der Waals surface area contributed by atoms with Gasteiger partial charge in [-0.25, -0.2) is 9.97 Å². The molecule has 1 atom stereocenters. The van der Waals surface area contributed by atoms with Crippen LogP contribution >= 0.6 is 0 Å². The number of carbonyl (C=O) groups excluding carboxylic acids is 1. The fraction of sp³-hybridized carbons (Fsp3) is 0.185. The van der Waals surface area contributed by atoms with Gasteiger partial charge in [0.05, 0.1) is 29.9 Å². The zero-order chi connectivity index (χ0) is 24.3. The van der Waals surface area contributed by atoms with Gasteiger partial charge in [-0.15, -0.1) is 0 Å². The van der Waals surface area contributed by atoms with Crippen molar-refractivity contribution in [3.63, 3.8) is 0 Å². The molecular formula is C27H24N6O3. The van der Waals surface area contributed by atoms with Crippen molar-refractivity contribution in [2.24, 2.45) is 0 Å². The van der Waals surface area contributed by atoms with Crippen LogP contribution in [0.3, 0.4) is 0 Å². The maximum atomic E-state index is 12.2. The van der Waals surface area contributed by atoms with E-state index in [4.69, 9.17) is 19.4 Å². The van der Waals surface area contributed by atoms with Gasteiger partial charge in [-0.3, -0.25) is 9.89 Å². The lowest BCUT2D eigenvalue weighted by Crippen LogP contribution is -2.38. The molecule has 9 nitrogen and oxygen atoms in total. The van der Waals surface area contributed by atoms with Gasteiger partial charge in [0.1, 0.15) is 11.6 Å². The third-order valence-electron chi connectivity index (χ3n) is 6.06. The first-order chi connectivity index (χ1) is 17.7. The molecule has 5 aromatic rings. The Balaban J connectivity index is 1.26. The predicted octanol–water partition coefficient (Wildman–Crippen LogP) is 4.20. The van der Waals surface area contributed by atoms with Crippen molar-refractivity contribution in [3.05, 3.63) is 72.9 Å². The van der Waals surface area contributed by atoms with Gasteiger partial charge in [0.15, 0.2) is 12.4 Å². The van der Waals surface area contributed by atoms with Crippen molar-refractivity contribution >= 4 is 39.2 Å². The van der Waals surface area contributed by atoms with E-state index in [9.17, 15) is 4.79 Å². The molecular weight excluding hydrogens is 456 g/mol. The number of H-pyrrole nitrogens is 1. The molecule has 0 spiro atoms. The summed E-state index contributed by atoms with van der Waals surface area (Å²) < 4.78 is 11.1. The number of para-hydroxylation sites is 1. The van der Waals surface area contributed by atoms with Crippen LogP contribution in [-0.4, -0.2) is 51.9 Å². The molecule has 2 aromatic heterocycles. The third kappa shape index (κ3) is 4.69. The molecule has 0 radical (unpaired) electrons. The Bertz CT molecular complexity index is 1540. The lowest BCUT2D eigenvalue weighted by atomic mass is 10.1. The van der Waals surface area contributed by atoms with Crippen LogP contribution in [0.25, 0.3) is 33.2 Å². The molecule has 180 valence electrons. The number of amides is 1. The number of carbonyl (C=O) groups is 1. The highest BCUT2D eigenvalue weighted by Gasteiger charge is 2.18. The number of aromatic nitrogens is 4. The van der Waals surface area contributed by atoms with E-state index >= 15 is 0 Å². The zero-order valence-corrected chi connectivity index (χ0v) is 19.4. The Morgan fingerprint density at radius 1 is 1.08 bits per heavy atom. The summed E-state index contributed by atoms with van der Waals surface area (Å²) >= 11 is 0. The number of nitrogens with one attached hydrogen (secondary N) is 3. The van der Waals surface area contributed by atoms with Crippen molar-refractivity contribution < 1.29 is 14.3 Å². The topological polar surface area (TPSA) is 114 Å². The summed E-state index contributed by atoms with van der Waals surface area (Å²) in [7, 11) is 0. The van der Waals surface area contributed by atoms with E-state index < -0.39 is 0 Å². The first-order valence-electron chi connectivity index (χ1n) is 11.8. The monoisotopic (exact) mass is 480 g/mol. The van der Waals surface area contributed by atoms with Gasteiger partial charge in [-0.2, -0.15) is 5.10 Å². The van der Waals surface area contributed by atoms with Gasteiger partial charge in [0, 0.05) is 28.6 Å². The quantitative estimate of drug-likeness (QED) is 0.320. The Labute approximate surface area is 206 Å². The minimum absolute atomic E-state index is 0.0542. The van der Waals surface area contributed by atoms with E-state index in [2.05, 4.69) is 20.8 Å². The second-order valence-electron chi connectivity index (χ2n) is 8.65. The maximum Gasteiger partial charge on any atom is 0.258 e. The number of aromatic amines is 1. The molecule has 3 N–H and O–H groups in total. The van der Waals surface area contributed by atoms with Crippen LogP contribution in [0.15, 0.2) is 72.9 Å². The number of fused-ring (bicyclic) bond motifs is 2. The molecule has 36 heavy (non-hydrogen) atoms. The lowest BCUT2D eigenvalue weighted by molar-refractivity contribution is -0.123. The molecule has 1 aliphatic heterocycles. The second kappa shape index (κ2) is 9.63. The van der Waals surface area contributed by atoms with Crippen LogP contribution in [0.5, 0.6) is 5.75 Å². The van der Waals surface area contributed by atoms with Gasteiger partial charge in [-0.05, 0) is 48.9 Å². The number of rotatable bonds is 7. The van der Waals surface area contributed by atoms with E-state index in [1.54, 1.807) is 6.20 Å². The van der Waals surface area contributed by atoms with Gasteiger partial charge in [-0.1, -0.05) is 24.3 Å². The normalized spacial score (nSPS) is 15.3. The van der Waals surface area contributed by atoms with E-state index in [0.717, 1.165) is 39.5 Å². The number of anilines is 2. The second-order valence-corrected chi connectivity index (χ2v) is 8.65. The number of nitrogens with zero attached hydrogens (tertiary/aromatic N) is 3. The predicted molar refractivity (Wildman–Crippen MR) is 137 cm³/mol. The zero-order valence-electron chi connectivity index (χ0n) is 19.4. The minimum Gasteiger partial charge on any atom is -0.484 e. The molecule has 6 rings (SSSR count). The summed E-state index contributed by atoms with van der Waals surface area (Å²) in [5.41, 5.74) is 3.47. The average molecular weight is 481 g/mol. The number of ether oxygens (including phenoxy) is 2. The Kier molecular flexibility index (Phi) is 5.88. The van der Waals surface area contributed by atoms with Crippen molar-refractivity contribution in [2.75, 3.05) is 25.1 Å². The number of hydrogen-bond acceptors (Lipinski definition) is 7. The highest BCUT2D eigenvalue weighted by molar-refractivity contribution is 5.93. The van der Waals surface area contributed by atoms with Crippen molar-refractivity contribution in [3.8, 4) is 17.1 Å². The van der Waals surface area contributed by atoms with Crippen molar-refractivity contribution in [1.82, 2.24) is 25.5 Å². The minimum atomic E-state index is -0.168. The van der Waals surface area contributed by atoms with Crippen molar-refractivity contribution in [1.29, 1.82) is 0 Å².